The lowest BCUT2D eigenvalue weighted by atomic mass is 10.2. The predicted octanol–water partition coefficient (Wildman–Crippen LogP) is 1.50. The van der Waals surface area contributed by atoms with Gasteiger partial charge in [0, 0.05) is 11.8 Å². The Hall–Kier alpha value is -1.35. The van der Waals surface area contributed by atoms with Crippen LogP contribution in [0.4, 0.5) is 0 Å². The highest BCUT2D eigenvalue weighted by atomic mass is 16.5. The molecule has 1 aromatic carbocycles. The molecule has 0 spiro atoms. The monoisotopic (exact) mass is 193 g/mol. The summed E-state index contributed by atoms with van der Waals surface area (Å²) in [7, 11) is 0. The highest BCUT2D eigenvalue weighted by Gasteiger charge is 1.97. The number of aliphatic imine (C=N–C) groups is 1. The quantitative estimate of drug-likeness (QED) is 0.720. The fourth-order valence-corrected chi connectivity index (χ4v) is 1.09. The van der Waals surface area contributed by atoms with Crippen LogP contribution in [0.3, 0.4) is 0 Å². The van der Waals surface area contributed by atoms with Crippen LogP contribution in [0.1, 0.15) is 12.5 Å². The van der Waals surface area contributed by atoms with Gasteiger partial charge >= 0.3 is 0 Å². The number of aliphatic hydroxyl groups is 1. The Morgan fingerprint density at radius 1 is 1.43 bits per heavy atom. The van der Waals surface area contributed by atoms with E-state index in [1.807, 2.05) is 31.2 Å². The van der Waals surface area contributed by atoms with Gasteiger partial charge in [0.15, 0.2) is 0 Å². The first-order valence-electron chi connectivity index (χ1n) is 4.71. The van der Waals surface area contributed by atoms with Gasteiger partial charge < -0.3 is 9.84 Å². The van der Waals surface area contributed by atoms with Crippen molar-refractivity contribution in [1.82, 2.24) is 0 Å². The molecule has 0 aromatic heterocycles. The maximum Gasteiger partial charge on any atom is 0.128 e. The summed E-state index contributed by atoms with van der Waals surface area (Å²) in [6, 6.07) is 7.70. The number of aliphatic hydroxyl groups excluding tert-OH is 1. The topological polar surface area (TPSA) is 41.8 Å². The summed E-state index contributed by atoms with van der Waals surface area (Å²) in [5.41, 5.74) is 0.947. The summed E-state index contributed by atoms with van der Waals surface area (Å²) in [5.74, 6) is 0.830. The normalized spacial score (nSPS) is 10.7. The van der Waals surface area contributed by atoms with Gasteiger partial charge in [-0.05, 0) is 19.1 Å². The molecule has 1 rings (SSSR count). The van der Waals surface area contributed by atoms with Crippen molar-refractivity contribution in [3.63, 3.8) is 0 Å². The summed E-state index contributed by atoms with van der Waals surface area (Å²) in [5, 5.41) is 8.57. The van der Waals surface area contributed by atoms with E-state index in [2.05, 4.69) is 4.99 Å². The fraction of sp³-hybridized carbons (Fsp3) is 0.364. The Morgan fingerprint density at radius 3 is 2.93 bits per heavy atom. The third-order valence-corrected chi connectivity index (χ3v) is 1.68. The number of benzene rings is 1. The molecule has 1 aromatic rings. The van der Waals surface area contributed by atoms with Gasteiger partial charge in [-0.2, -0.15) is 0 Å². The van der Waals surface area contributed by atoms with Crippen LogP contribution in [0, 0.1) is 0 Å². The summed E-state index contributed by atoms with van der Waals surface area (Å²) in [6.07, 6.45) is 1.72. The second-order valence-electron chi connectivity index (χ2n) is 2.73. The van der Waals surface area contributed by atoms with Gasteiger partial charge in [-0.3, -0.25) is 4.99 Å². The van der Waals surface area contributed by atoms with E-state index in [0.717, 1.165) is 11.3 Å². The van der Waals surface area contributed by atoms with E-state index in [9.17, 15) is 0 Å². The molecule has 0 aliphatic heterocycles. The van der Waals surface area contributed by atoms with Crippen LogP contribution in [0.5, 0.6) is 5.75 Å². The average Bonchev–Trinajstić information content (AvgIpc) is 2.21. The molecule has 0 aliphatic carbocycles. The van der Waals surface area contributed by atoms with Gasteiger partial charge in [0.25, 0.3) is 0 Å². The van der Waals surface area contributed by atoms with Gasteiger partial charge in [0.1, 0.15) is 5.75 Å². The lowest BCUT2D eigenvalue weighted by Gasteiger charge is -2.05. The molecule has 1 N–H and O–H groups in total. The van der Waals surface area contributed by atoms with Crippen LogP contribution >= 0.6 is 0 Å². The first kappa shape index (κ1) is 10.7. The van der Waals surface area contributed by atoms with E-state index in [-0.39, 0.29) is 6.61 Å². The molecule has 0 amide bonds. The molecule has 14 heavy (non-hydrogen) atoms. The molecule has 0 saturated carbocycles. The van der Waals surface area contributed by atoms with Crippen LogP contribution in [0.25, 0.3) is 0 Å². The van der Waals surface area contributed by atoms with Gasteiger partial charge in [-0.1, -0.05) is 12.1 Å². The van der Waals surface area contributed by atoms with Crippen LogP contribution in [-0.4, -0.2) is 31.1 Å². The second kappa shape index (κ2) is 6.16. The third kappa shape index (κ3) is 3.18. The largest absolute Gasteiger partial charge is 0.493 e. The molecule has 3 nitrogen and oxygen atoms in total. The molecule has 0 aliphatic rings. The number of hydrogen-bond donors (Lipinski definition) is 1. The minimum atomic E-state index is 0.0767. The third-order valence-electron chi connectivity index (χ3n) is 1.68. The van der Waals surface area contributed by atoms with E-state index in [1.165, 1.54) is 0 Å². The molecule has 0 unspecified atom stereocenters. The highest BCUT2D eigenvalue weighted by Crippen LogP contribution is 2.15. The maximum absolute atomic E-state index is 8.57. The van der Waals surface area contributed by atoms with Crippen molar-refractivity contribution < 1.29 is 9.84 Å². The SMILES string of the molecule is CCOc1ccccc1/C=N/CCO. The van der Waals surface area contributed by atoms with Gasteiger partial charge in [0.2, 0.25) is 0 Å². The standard InChI is InChI=1S/C11H15NO2/c1-2-14-11-6-4-3-5-10(11)9-12-7-8-13/h3-6,9,13H,2,7-8H2,1H3/b12-9+. The van der Waals surface area contributed by atoms with Gasteiger partial charge in [0.05, 0.1) is 19.8 Å². The Bertz CT molecular complexity index is 297. The molecular weight excluding hydrogens is 178 g/mol. The van der Waals surface area contributed by atoms with Crippen molar-refractivity contribution in [2.24, 2.45) is 4.99 Å². The van der Waals surface area contributed by atoms with E-state index in [0.29, 0.717) is 13.2 Å². The lowest BCUT2D eigenvalue weighted by molar-refractivity contribution is 0.307. The number of para-hydroxylation sites is 1. The fourth-order valence-electron chi connectivity index (χ4n) is 1.09. The summed E-state index contributed by atoms with van der Waals surface area (Å²) >= 11 is 0. The smallest absolute Gasteiger partial charge is 0.128 e. The number of hydrogen-bond acceptors (Lipinski definition) is 3. The van der Waals surface area contributed by atoms with Crippen LogP contribution in [-0.2, 0) is 0 Å². The molecule has 0 radical (unpaired) electrons. The molecule has 0 atom stereocenters. The van der Waals surface area contributed by atoms with Gasteiger partial charge in [-0.15, -0.1) is 0 Å². The van der Waals surface area contributed by atoms with Crippen molar-refractivity contribution in [2.75, 3.05) is 19.8 Å². The molecule has 0 saturated heterocycles. The first-order chi connectivity index (χ1) is 6.88. The molecule has 0 fully saturated rings. The number of nitrogens with zero attached hydrogens (tertiary/aromatic N) is 1. The molecule has 3 heteroatoms. The van der Waals surface area contributed by atoms with Crippen molar-refractivity contribution in [3.05, 3.63) is 29.8 Å². The second-order valence-corrected chi connectivity index (χ2v) is 2.73. The Labute approximate surface area is 84.1 Å². The van der Waals surface area contributed by atoms with Crippen molar-refractivity contribution in [1.29, 1.82) is 0 Å². The Balaban J connectivity index is 2.73. The minimum absolute atomic E-state index is 0.0767. The molecule has 0 heterocycles. The summed E-state index contributed by atoms with van der Waals surface area (Å²) in [4.78, 5) is 4.05. The number of ether oxygens (including phenoxy) is 1. The zero-order valence-corrected chi connectivity index (χ0v) is 8.31. The van der Waals surface area contributed by atoms with E-state index < -0.39 is 0 Å². The molecular formula is C11H15NO2. The summed E-state index contributed by atoms with van der Waals surface area (Å²) in [6.45, 7) is 3.10. The zero-order valence-electron chi connectivity index (χ0n) is 8.31. The van der Waals surface area contributed by atoms with Crippen molar-refractivity contribution in [2.45, 2.75) is 6.92 Å². The van der Waals surface area contributed by atoms with Crippen LogP contribution in [0.15, 0.2) is 29.3 Å². The lowest BCUT2D eigenvalue weighted by Crippen LogP contribution is -1.96. The summed E-state index contributed by atoms with van der Waals surface area (Å²) < 4.78 is 5.41. The van der Waals surface area contributed by atoms with Crippen LogP contribution < -0.4 is 4.74 Å². The Kier molecular flexibility index (Phi) is 4.72. The molecule has 0 bridgehead atoms. The minimum Gasteiger partial charge on any atom is -0.493 e. The van der Waals surface area contributed by atoms with Gasteiger partial charge in [-0.25, -0.2) is 0 Å². The van der Waals surface area contributed by atoms with E-state index in [4.69, 9.17) is 9.84 Å². The van der Waals surface area contributed by atoms with Crippen molar-refractivity contribution in [3.8, 4) is 5.75 Å². The first-order valence-corrected chi connectivity index (χ1v) is 4.71. The van der Waals surface area contributed by atoms with E-state index >= 15 is 0 Å². The zero-order chi connectivity index (χ0) is 10.2. The predicted molar refractivity (Wildman–Crippen MR) is 57.2 cm³/mol. The van der Waals surface area contributed by atoms with Crippen molar-refractivity contribution >= 4 is 6.21 Å². The number of rotatable bonds is 5. The molecule has 76 valence electrons. The van der Waals surface area contributed by atoms with Crippen LogP contribution in [0.2, 0.25) is 0 Å². The highest BCUT2D eigenvalue weighted by molar-refractivity contribution is 5.83. The average molecular weight is 193 g/mol. The Morgan fingerprint density at radius 2 is 2.21 bits per heavy atom. The van der Waals surface area contributed by atoms with E-state index in [1.54, 1.807) is 6.21 Å². The maximum atomic E-state index is 8.57.